The number of rotatable bonds is 0. The van der Waals surface area contributed by atoms with Crippen molar-refractivity contribution in [2.75, 3.05) is 0 Å². The molecule has 1 aromatic rings. The Bertz CT molecular complexity index is 402. The lowest BCUT2D eigenvalue weighted by Crippen LogP contribution is -2.42. The molecule has 1 aliphatic heterocycles. The predicted octanol–water partition coefficient (Wildman–Crippen LogP) is 0.996. The van der Waals surface area contributed by atoms with Crippen molar-refractivity contribution in [3.8, 4) is 12.3 Å². The number of carbonyl (C=O) groups is 1. The zero-order chi connectivity index (χ0) is 9.42. The van der Waals surface area contributed by atoms with Crippen molar-refractivity contribution in [3.63, 3.8) is 0 Å². The molecule has 2 heterocycles. The topological polar surface area (TPSA) is 34.0 Å². The lowest BCUT2D eigenvalue weighted by Gasteiger charge is -2.21. The average molecular weight is 239 g/mol. The summed E-state index contributed by atoms with van der Waals surface area (Å²) in [6, 6.07) is 1.58. The van der Waals surface area contributed by atoms with Gasteiger partial charge in [0.15, 0.2) is 0 Å². The van der Waals surface area contributed by atoms with E-state index in [0.717, 1.165) is 4.47 Å². The summed E-state index contributed by atoms with van der Waals surface area (Å²) in [5.41, 5.74) is 0.651. The third-order valence-electron chi connectivity index (χ3n) is 1.98. The number of amides is 1. The van der Waals surface area contributed by atoms with Crippen LogP contribution in [-0.4, -0.2) is 16.5 Å². The molecule has 0 unspecified atom stereocenters. The van der Waals surface area contributed by atoms with Gasteiger partial charge >= 0.3 is 0 Å². The van der Waals surface area contributed by atoms with Crippen molar-refractivity contribution in [1.82, 2.24) is 9.88 Å². The summed E-state index contributed by atoms with van der Waals surface area (Å²) in [4.78, 5) is 11.4. The standard InChI is InChI=1S/C9H7BrN2O/c1-2-7-5-12-4-6(10)3-8(12)9(13)11-7/h1,3-4,7H,5H2,(H,11,13)/t7-/m1/s1. The van der Waals surface area contributed by atoms with E-state index in [9.17, 15) is 4.79 Å². The van der Waals surface area contributed by atoms with Crippen molar-refractivity contribution < 1.29 is 4.79 Å². The fourth-order valence-electron chi connectivity index (χ4n) is 1.39. The molecule has 0 aliphatic carbocycles. The van der Waals surface area contributed by atoms with Gasteiger partial charge in [-0.1, -0.05) is 5.92 Å². The molecule has 1 aliphatic rings. The van der Waals surface area contributed by atoms with Gasteiger partial charge in [0.2, 0.25) is 0 Å². The zero-order valence-corrected chi connectivity index (χ0v) is 8.34. The number of hydrogen-bond donors (Lipinski definition) is 1. The van der Waals surface area contributed by atoms with Gasteiger partial charge in [-0.2, -0.15) is 0 Å². The Morgan fingerprint density at radius 2 is 2.54 bits per heavy atom. The van der Waals surface area contributed by atoms with Crippen molar-refractivity contribution in [2.24, 2.45) is 0 Å². The maximum Gasteiger partial charge on any atom is 0.268 e. The van der Waals surface area contributed by atoms with Crippen LogP contribution in [0.1, 0.15) is 10.5 Å². The van der Waals surface area contributed by atoms with Crippen LogP contribution in [0.25, 0.3) is 0 Å². The molecule has 13 heavy (non-hydrogen) atoms. The smallest absolute Gasteiger partial charge is 0.268 e. The van der Waals surface area contributed by atoms with Crippen LogP contribution in [-0.2, 0) is 6.54 Å². The average Bonchev–Trinajstić information content (AvgIpc) is 2.46. The maximum absolute atomic E-state index is 11.4. The van der Waals surface area contributed by atoms with E-state index < -0.39 is 0 Å². The summed E-state index contributed by atoms with van der Waals surface area (Å²) in [5, 5.41) is 2.72. The highest BCUT2D eigenvalue weighted by Gasteiger charge is 2.22. The van der Waals surface area contributed by atoms with Crippen LogP contribution in [0.3, 0.4) is 0 Å². The molecular formula is C9H7BrN2O. The molecular weight excluding hydrogens is 232 g/mol. The van der Waals surface area contributed by atoms with Gasteiger partial charge < -0.3 is 9.88 Å². The lowest BCUT2D eigenvalue weighted by molar-refractivity contribution is 0.0915. The SMILES string of the molecule is C#C[C@@H]1Cn2cc(Br)cc2C(=O)N1. The zero-order valence-electron chi connectivity index (χ0n) is 6.75. The number of terminal acetylenes is 1. The summed E-state index contributed by atoms with van der Waals surface area (Å²) >= 11 is 3.31. The van der Waals surface area contributed by atoms with Gasteiger partial charge in [0.1, 0.15) is 11.7 Å². The van der Waals surface area contributed by atoms with Crippen LogP contribution in [0.15, 0.2) is 16.7 Å². The maximum atomic E-state index is 11.4. The summed E-state index contributed by atoms with van der Waals surface area (Å²) < 4.78 is 2.75. The molecule has 0 saturated carbocycles. The van der Waals surface area contributed by atoms with Crippen molar-refractivity contribution >= 4 is 21.8 Å². The quantitative estimate of drug-likeness (QED) is 0.673. The van der Waals surface area contributed by atoms with E-state index in [2.05, 4.69) is 27.2 Å². The number of halogens is 1. The minimum absolute atomic E-state index is 0.111. The van der Waals surface area contributed by atoms with Crippen LogP contribution >= 0.6 is 15.9 Å². The van der Waals surface area contributed by atoms with Gasteiger partial charge in [0.05, 0.1) is 6.54 Å². The van der Waals surface area contributed by atoms with Crippen molar-refractivity contribution in [1.29, 1.82) is 0 Å². The van der Waals surface area contributed by atoms with Crippen LogP contribution in [0, 0.1) is 12.3 Å². The molecule has 0 bridgehead atoms. The highest BCUT2D eigenvalue weighted by molar-refractivity contribution is 9.10. The third kappa shape index (κ3) is 1.36. The summed E-state index contributed by atoms with van der Waals surface area (Å²) in [5.74, 6) is 2.41. The number of carbonyl (C=O) groups excluding carboxylic acids is 1. The summed E-state index contributed by atoms with van der Waals surface area (Å²) in [7, 11) is 0. The molecule has 2 rings (SSSR count). The van der Waals surface area contributed by atoms with Gasteiger partial charge in [0, 0.05) is 10.7 Å². The number of nitrogens with one attached hydrogen (secondary N) is 1. The highest BCUT2D eigenvalue weighted by Crippen LogP contribution is 2.17. The molecule has 1 N–H and O–H groups in total. The number of aromatic nitrogens is 1. The van der Waals surface area contributed by atoms with E-state index in [1.807, 2.05) is 10.8 Å². The van der Waals surface area contributed by atoms with Gasteiger partial charge in [0.25, 0.3) is 5.91 Å². The summed E-state index contributed by atoms with van der Waals surface area (Å²) in [6.45, 7) is 0.642. The number of fused-ring (bicyclic) bond motifs is 1. The number of hydrogen-bond acceptors (Lipinski definition) is 1. The van der Waals surface area contributed by atoms with Crippen LogP contribution in [0.4, 0.5) is 0 Å². The molecule has 66 valence electrons. The monoisotopic (exact) mass is 238 g/mol. The Morgan fingerprint density at radius 3 is 3.23 bits per heavy atom. The van der Waals surface area contributed by atoms with E-state index in [1.165, 1.54) is 0 Å². The minimum Gasteiger partial charge on any atom is -0.339 e. The molecule has 0 radical (unpaired) electrons. The minimum atomic E-state index is -0.195. The Balaban J connectivity index is 2.43. The Morgan fingerprint density at radius 1 is 1.77 bits per heavy atom. The molecule has 3 nitrogen and oxygen atoms in total. The van der Waals surface area contributed by atoms with Crippen LogP contribution < -0.4 is 5.32 Å². The van der Waals surface area contributed by atoms with E-state index in [0.29, 0.717) is 12.2 Å². The molecule has 1 atom stereocenters. The second-order valence-corrected chi connectivity index (χ2v) is 3.80. The summed E-state index contributed by atoms with van der Waals surface area (Å²) in [6.07, 6.45) is 7.10. The first-order valence-electron chi connectivity index (χ1n) is 3.83. The molecule has 4 heteroatoms. The third-order valence-corrected chi connectivity index (χ3v) is 2.42. The Labute approximate surface area is 84.2 Å². The first-order valence-corrected chi connectivity index (χ1v) is 4.62. The van der Waals surface area contributed by atoms with E-state index in [4.69, 9.17) is 6.42 Å². The van der Waals surface area contributed by atoms with E-state index >= 15 is 0 Å². The largest absolute Gasteiger partial charge is 0.339 e. The number of nitrogens with zero attached hydrogens (tertiary/aromatic N) is 1. The van der Waals surface area contributed by atoms with Crippen molar-refractivity contribution in [2.45, 2.75) is 12.6 Å². The molecule has 1 aromatic heterocycles. The second-order valence-electron chi connectivity index (χ2n) is 2.89. The first-order chi connectivity index (χ1) is 6.20. The molecule has 0 saturated heterocycles. The fraction of sp³-hybridized carbons (Fsp3) is 0.222. The van der Waals surface area contributed by atoms with Crippen LogP contribution in [0.2, 0.25) is 0 Å². The Hall–Kier alpha value is -1.21. The highest BCUT2D eigenvalue weighted by atomic mass is 79.9. The van der Waals surface area contributed by atoms with Crippen LogP contribution in [0.5, 0.6) is 0 Å². The molecule has 1 amide bonds. The Kier molecular flexibility index (Phi) is 1.89. The molecule has 0 aromatic carbocycles. The molecule has 0 fully saturated rings. The first kappa shape index (κ1) is 8.39. The fourth-order valence-corrected chi connectivity index (χ4v) is 1.85. The normalized spacial score (nSPS) is 20.3. The second kappa shape index (κ2) is 2.93. The predicted molar refractivity (Wildman–Crippen MR) is 52.2 cm³/mol. The van der Waals surface area contributed by atoms with E-state index in [1.54, 1.807) is 6.07 Å². The molecule has 0 spiro atoms. The van der Waals surface area contributed by atoms with Gasteiger partial charge in [-0.3, -0.25) is 4.79 Å². The van der Waals surface area contributed by atoms with Gasteiger partial charge in [-0.25, -0.2) is 0 Å². The van der Waals surface area contributed by atoms with Gasteiger partial charge in [-0.05, 0) is 22.0 Å². The van der Waals surface area contributed by atoms with Gasteiger partial charge in [-0.15, -0.1) is 6.42 Å². The lowest BCUT2D eigenvalue weighted by atomic mass is 10.2. The van der Waals surface area contributed by atoms with E-state index in [-0.39, 0.29) is 11.9 Å². The van der Waals surface area contributed by atoms with Crippen molar-refractivity contribution in [3.05, 3.63) is 22.4 Å².